The molecule has 0 radical (unpaired) electrons. The van der Waals surface area contributed by atoms with E-state index in [0.717, 1.165) is 5.69 Å². The molecular weight excluding hydrogens is 389 g/mol. The van der Waals surface area contributed by atoms with Gasteiger partial charge in [-0.3, -0.25) is 5.10 Å². The first-order valence-corrected chi connectivity index (χ1v) is 9.31. The van der Waals surface area contributed by atoms with Gasteiger partial charge in [0.05, 0.1) is 12.1 Å². The lowest BCUT2D eigenvalue weighted by atomic mass is 10.1. The zero-order valence-electron chi connectivity index (χ0n) is 16.1. The molecule has 154 valence electrons. The fourth-order valence-electron chi connectivity index (χ4n) is 3.00. The van der Waals surface area contributed by atoms with Gasteiger partial charge >= 0.3 is 0 Å². The van der Waals surface area contributed by atoms with Crippen molar-refractivity contribution in [2.45, 2.75) is 13.0 Å². The molecule has 2 aromatic carbocycles. The average molecular weight is 409 g/mol. The number of aromatic nitrogens is 4. The fraction of sp³-hybridized carbons (Fsp3) is 0.190. The summed E-state index contributed by atoms with van der Waals surface area (Å²) in [5, 5.41) is 30.6. The first-order valence-electron chi connectivity index (χ1n) is 9.31. The molecule has 0 saturated heterocycles. The Hall–Kier alpha value is -3.56. The molecule has 0 amide bonds. The van der Waals surface area contributed by atoms with Crippen LogP contribution in [0.2, 0.25) is 0 Å². The molecule has 1 unspecified atom stereocenters. The Morgan fingerprint density at radius 3 is 2.63 bits per heavy atom. The molecule has 0 bridgehead atoms. The van der Waals surface area contributed by atoms with Crippen molar-refractivity contribution in [3.8, 4) is 5.75 Å². The van der Waals surface area contributed by atoms with Crippen molar-refractivity contribution in [1.82, 2.24) is 20.2 Å². The van der Waals surface area contributed by atoms with E-state index in [1.807, 2.05) is 13.0 Å². The summed E-state index contributed by atoms with van der Waals surface area (Å²) < 4.78 is 18.7. The molecule has 0 aliphatic heterocycles. The monoisotopic (exact) mass is 409 g/mol. The molecule has 1 atom stereocenters. The Bertz CT molecular complexity index is 1160. The normalized spacial score (nSPS) is 12.1. The second-order valence-corrected chi connectivity index (χ2v) is 6.70. The Morgan fingerprint density at radius 1 is 1.13 bits per heavy atom. The van der Waals surface area contributed by atoms with Crippen LogP contribution in [0, 0.1) is 12.7 Å². The van der Waals surface area contributed by atoms with Crippen molar-refractivity contribution >= 4 is 22.5 Å². The maximum atomic E-state index is 13.3. The number of aliphatic hydroxyl groups excluding tert-OH is 2. The molecule has 4 aromatic rings. The number of H-pyrrole nitrogens is 1. The summed E-state index contributed by atoms with van der Waals surface area (Å²) in [6.45, 7) is 1.92. The molecule has 0 spiro atoms. The lowest BCUT2D eigenvalue weighted by Crippen LogP contribution is -2.09. The number of halogens is 1. The molecule has 8 nitrogen and oxygen atoms in total. The van der Waals surface area contributed by atoms with E-state index in [2.05, 4.69) is 25.5 Å². The number of aromatic amines is 1. The van der Waals surface area contributed by atoms with Crippen molar-refractivity contribution in [3.05, 3.63) is 71.4 Å². The van der Waals surface area contributed by atoms with E-state index in [9.17, 15) is 9.50 Å². The number of aliphatic hydroxyl groups is 2. The van der Waals surface area contributed by atoms with Gasteiger partial charge in [0.1, 0.15) is 30.1 Å². The fourth-order valence-corrected chi connectivity index (χ4v) is 3.00. The molecule has 4 rings (SSSR count). The van der Waals surface area contributed by atoms with E-state index in [0.29, 0.717) is 33.9 Å². The van der Waals surface area contributed by atoms with Gasteiger partial charge < -0.3 is 20.3 Å². The van der Waals surface area contributed by atoms with Crippen LogP contribution in [-0.4, -0.2) is 43.6 Å². The number of anilines is 2. The summed E-state index contributed by atoms with van der Waals surface area (Å²) in [5.41, 5.74) is 1.87. The Morgan fingerprint density at radius 2 is 1.93 bits per heavy atom. The smallest absolute Gasteiger partial charge is 0.164 e. The van der Waals surface area contributed by atoms with Gasteiger partial charge in [-0.15, -0.1) is 0 Å². The maximum Gasteiger partial charge on any atom is 0.164 e. The highest BCUT2D eigenvalue weighted by Crippen LogP contribution is 2.30. The molecule has 4 N–H and O–H groups in total. The molecular formula is C21H20FN5O3. The molecule has 9 heteroatoms. The molecule has 0 fully saturated rings. The summed E-state index contributed by atoms with van der Waals surface area (Å²) in [4.78, 5) is 8.98. The third kappa shape index (κ3) is 4.22. The van der Waals surface area contributed by atoms with Crippen LogP contribution in [0.3, 0.4) is 0 Å². The Balaban J connectivity index is 1.79. The third-order valence-electron chi connectivity index (χ3n) is 4.43. The van der Waals surface area contributed by atoms with E-state index < -0.39 is 11.9 Å². The Labute approximate surface area is 171 Å². The molecule has 30 heavy (non-hydrogen) atoms. The van der Waals surface area contributed by atoms with E-state index in [-0.39, 0.29) is 19.0 Å². The van der Waals surface area contributed by atoms with E-state index >= 15 is 0 Å². The summed E-state index contributed by atoms with van der Waals surface area (Å²) in [7, 11) is 0. The summed E-state index contributed by atoms with van der Waals surface area (Å²) in [6.07, 6.45) is -1.15. The number of benzene rings is 2. The highest BCUT2D eigenvalue weighted by atomic mass is 19.1. The molecule has 0 saturated carbocycles. The lowest BCUT2D eigenvalue weighted by molar-refractivity contribution is 0.201. The SMILES string of the molecule is Cc1cc(Nc2nc(C(O)c3ccc(F)cc3)nc3cc(OCCO)ccc23)n[nH]1. The van der Waals surface area contributed by atoms with Crippen LogP contribution in [0.5, 0.6) is 5.75 Å². The van der Waals surface area contributed by atoms with Crippen molar-refractivity contribution in [1.29, 1.82) is 0 Å². The van der Waals surface area contributed by atoms with Gasteiger partial charge in [-0.25, -0.2) is 14.4 Å². The van der Waals surface area contributed by atoms with Crippen LogP contribution >= 0.6 is 0 Å². The Kier molecular flexibility index (Phi) is 5.55. The number of nitrogens with zero attached hydrogens (tertiary/aromatic N) is 3. The maximum absolute atomic E-state index is 13.3. The highest BCUT2D eigenvalue weighted by Gasteiger charge is 2.18. The zero-order chi connectivity index (χ0) is 21.1. The van der Waals surface area contributed by atoms with Gasteiger partial charge in [0, 0.05) is 23.2 Å². The summed E-state index contributed by atoms with van der Waals surface area (Å²) in [6, 6.07) is 12.6. The number of aryl methyl sites for hydroxylation is 1. The van der Waals surface area contributed by atoms with E-state index in [1.165, 1.54) is 24.3 Å². The van der Waals surface area contributed by atoms with E-state index in [4.69, 9.17) is 9.84 Å². The minimum absolute atomic E-state index is 0.109. The number of ether oxygens (including phenoxy) is 1. The van der Waals surface area contributed by atoms with Crippen LogP contribution in [0.15, 0.2) is 48.5 Å². The topological polar surface area (TPSA) is 116 Å². The molecule has 2 aromatic heterocycles. The van der Waals surface area contributed by atoms with Crippen LogP contribution in [0.4, 0.5) is 16.0 Å². The lowest BCUT2D eigenvalue weighted by Gasteiger charge is -2.14. The van der Waals surface area contributed by atoms with Crippen molar-refractivity contribution in [3.63, 3.8) is 0 Å². The minimum atomic E-state index is -1.15. The van der Waals surface area contributed by atoms with Crippen LogP contribution in [-0.2, 0) is 0 Å². The minimum Gasteiger partial charge on any atom is -0.491 e. The number of hydrogen-bond donors (Lipinski definition) is 4. The van der Waals surface area contributed by atoms with Crippen molar-refractivity contribution < 1.29 is 19.3 Å². The average Bonchev–Trinajstić information content (AvgIpc) is 3.16. The summed E-state index contributed by atoms with van der Waals surface area (Å²) >= 11 is 0. The van der Waals surface area contributed by atoms with Crippen LogP contribution < -0.4 is 10.1 Å². The molecule has 0 aliphatic carbocycles. The van der Waals surface area contributed by atoms with Crippen molar-refractivity contribution in [2.24, 2.45) is 0 Å². The predicted molar refractivity (Wildman–Crippen MR) is 109 cm³/mol. The van der Waals surface area contributed by atoms with Gasteiger partial charge in [0.25, 0.3) is 0 Å². The third-order valence-corrected chi connectivity index (χ3v) is 4.43. The number of nitrogens with one attached hydrogen (secondary N) is 2. The largest absolute Gasteiger partial charge is 0.491 e. The van der Waals surface area contributed by atoms with Gasteiger partial charge in [0.2, 0.25) is 0 Å². The zero-order valence-corrected chi connectivity index (χ0v) is 16.1. The number of rotatable bonds is 7. The van der Waals surface area contributed by atoms with Crippen molar-refractivity contribution in [2.75, 3.05) is 18.5 Å². The van der Waals surface area contributed by atoms with Gasteiger partial charge in [0.15, 0.2) is 11.6 Å². The first-order chi connectivity index (χ1) is 14.5. The second-order valence-electron chi connectivity index (χ2n) is 6.70. The van der Waals surface area contributed by atoms with Gasteiger partial charge in [-0.2, -0.15) is 5.10 Å². The predicted octanol–water partition coefficient (Wildman–Crippen LogP) is 3.00. The first kappa shape index (κ1) is 19.7. The van der Waals surface area contributed by atoms with E-state index in [1.54, 1.807) is 18.2 Å². The van der Waals surface area contributed by atoms with Gasteiger partial charge in [-0.1, -0.05) is 12.1 Å². The standard InChI is InChI=1S/C21H20FN5O3/c1-12-10-18(27-26-12)24-20-16-7-6-15(30-9-8-28)11-17(16)23-21(25-20)19(29)13-2-4-14(22)5-3-13/h2-7,10-11,19,28-29H,8-9H2,1H3,(H2,23,24,25,26,27). The van der Waals surface area contributed by atoms with Crippen LogP contribution in [0.1, 0.15) is 23.2 Å². The quantitative estimate of drug-likeness (QED) is 0.371. The molecule has 2 heterocycles. The van der Waals surface area contributed by atoms with Gasteiger partial charge in [-0.05, 0) is 36.8 Å². The molecule has 0 aliphatic rings. The summed E-state index contributed by atoms with van der Waals surface area (Å²) in [5.74, 6) is 1.29. The number of hydrogen-bond acceptors (Lipinski definition) is 7. The second kappa shape index (κ2) is 8.44. The number of fused-ring (bicyclic) bond motifs is 1. The van der Waals surface area contributed by atoms with Crippen LogP contribution in [0.25, 0.3) is 10.9 Å². The highest BCUT2D eigenvalue weighted by molar-refractivity contribution is 5.91.